The first-order valence-electron chi connectivity index (χ1n) is 4.86. The summed E-state index contributed by atoms with van der Waals surface area (Å²) in [6.45, 7) is 0. The zero-order chi connectivity index (χ0) is 14.2. The number of alkyl halides is 1. The van der Waals surface area contributed by atoms with Gasteiger partial charge < -0.3 is 0 Å². The average molecular weight is 377 g/mol. The normalized spacial score (nSPS) is 10.8. The Labute approximate surface area is 139 Å². The molecular weight excluding hydrogens is 373 g/mol. The minimum Gasteiger partial charge on any atom is -0.239 e. The van der Waals surface area contributed by atoms with Crippen LogP contribution in [0.2, 0.25) is 25.1 Å². The van der Waals surface area contributed by atoms with Crippen molar-refractivity contribution in [1.82, 2.24) is 9.97 Å². The van der Waals surface area contributed by atoms with Gasteiger partial charge in [-0.3, -0.25) is 0 Å². The molecule has 2 rings (SSSR count). The van der Waals surface area contributed by atoms with E-state index in [2.05, 4.69) is 9.97 Å². The molecule has 0 aliphatic rings. The number of hydrogen-bond donors (Lipinski definition) is 0. The number of nitrogens with zero attached hydrogens (tertiary/aromatic N) is 2. The van der Waals surface area contributed by atoms with Crippen molar-refractivity contribution in [1.29, 1.82) is 0 Å². The van der Waals surface area contributed by atoms with Crippen molar-refractivity contribution in [3.8, 4) is 11.1 Å². The van der Waals surface area contributed by atoms with Gasteiger partial charge in [-0.2, -0.15) is 0 Å². The molecule has 0 atom stereocenters. The first kappa shape index (κ1) is 15.4. The third kappa shape index (κ3) is 2.90. The Morgan fingerprint density at radius 1 is 0.737 bits per heavy atom. The zero-order valence-corrected chi connectivity index (χ0v) is 13.6. The fourth-order valence-electron chi connectivity index (χ4n) is 1.41. The van der Waals surface area contributed by atoms with Crippen molar-refractivity contribution in [2.24, 2.45) is 0 Å². The smallest absolute Gasteiger partial charge is 0.142 e. The second-order valence-corrected chi connectivity index (χ2v) is 5.62. The minimum atomic E-state index is 0.111. The maximum absolute atomic E-state index is 6.14. The van der Waals surface area contributed by atoms with Gasteiger partial charge in [0.05, 0.1) is 31.0 Å². The van der Waals surface area contributed by atoms with Crippen LogP contribution in [-0.4, -0.2) is 9.97 Å². The topological polar surface area (TPSA) is 25.8 Å². The molecule has 19 heavy (non-hydrogen) atoms. The average Bonchev–Trinajstić information content (AvgIpc) is 2.44. The number of aromatic nitrogens is 2. The highest BCUT2D eigenvalue weighted by molar-refractivity contribution is 6.56. The molecule has 0 spiro atoms. The van der Waals surface area contributed by atoms with E-state index >= 15 is 0 Å². The fraction of sp³-hybridized carbons (Fsp3) is 0.0909. The maximum atomic E-state index is 6.14. The number of benzene rings is 1. The molecule has 0 aliphatic heterocycles. The van der Waals surface area contributed by atoms with E-state index in [1.165, 1.54) is 0 Å². The van der Waals surface area contributed by atoms with Gasteiger partial charge in [0.2, 0.25) is 0 Å². The Morgan fingerprint density at radius 2 is 1.16 bits per heavy atom. The van der Waals surface area contributed by atoms with Crippen LogP contribution in [0.3, 0.4) is 0 Å². The summed E-state index contributed by atoms with van der Waals surface area (Å²) in [6.07, 6.45) is 3.08. The van der Waals surface area contributed by atoms with Crippen LogP contribution in [0.1, 0.15) is 5.82 Å². The predicted molar refractivity (Wildman–Crippen MR) is 82.1 cm³/mol. The second kappa shape index (κ2) is 6.21. The molecule has 1 heterocycles. The van der Waals surface area contributed by atoms with Gasteiger partial charge in [-0.15, -0.1) is 11.6 Å². The van der Waals surface area contributed by atoms with Crippen molar-refractivity contribution in [2.45, 2.75) is 5.88 Å². The van der Waals surface area contributed by atoms with Gasteiger partial charge in [-0.25, -0.2) is 9.97 Å². The SMILES string of the molecule is ClCc1ncc(-c2c(Cl)c(Cl)c(Cl)c(Cl)c2Cl)cn1. The Bertz CT molecular complexity index is 597. The van der Waals surface area contributed by atoms with Gasteiger partial charge in [0.1, 0.15) is 5.82 Å². The van der Waals surface area contributed by atoms with Crippen LogP contribution in [0.15, 0.2) is 12.4 Å². The quantitative estimate of drug-likeness (QED) is 0.357. The highest BCUT2D eigenvalue weighted by Crippen LogP contribution is 2.47. The fourth-order valence-corrected chi connectivity index (χ4v) is 2.91. The molecule has 0 radical (unpaired) electrons. The lowest BCUT2D eigenvalue weighted by atomic mass is 10.1. The number of hydrogen-bond acceptors (Lipinski definition) is 2. The zero-order valence-electron chi connectivity index (χ0n) is 9.02. The summed E-state index contributed by atoms with van der Waals surface area (Å²) in [5, 5.41) is 0.773. The summed E-state index contributed by atoms with van der Waals surface area (Å²) in [5.74, 6) is 0.702. The van der Waals surface area contributed by atoms with Crippen molar-refractivity contribution < 1.29 is 0 Å². The molecular formula is C11H4Cl6N2. The molecule has 0 unspecified atom stereocenters. The Kier molecular flexibility index (Phi) is 5.04. The van der Waals surface area contributed by atoms with E-state index in [9.17, 15) is 0 Å². The molecule has 0 aliphatic carbocycles. The van der Waals surface area contributed by atoms with E-state index in [4.69, 9.17) is 69.6 Å². The first-order chi connectivity index (χ1) is 8.97. The van der Waals surface area contributed by atoms with E-state index in [-0.39, 0.29) is 31.0 Å². The van der Waals surface area contributed by atoms with Gasteiger partial charge >= 0.3 is 0 Å². The highest BCUT2D eigenvalue weighted by Gasteiger charge is 2.20. The molecule has 0 saturated heterocycles. The molecule has 0 N–H and O–H groups in total. The lowest BCUT2D eigenvalue weighted by molar-refractivity contribution is 1.03. The molecule has 100 valence electrons. The number of halogens is 6. The summed E-state index contributed by atoms with van der Waals surface area (Å²) in [5.41, 5.74) is 1.01. The van der Waals surface area contributed by atoms with E-state index in [1.54, 1.807) is 12.4 Å². The Balaban J connectivity index is 2.67. The summed E-state index contributed by atoms with van der Waals surface area (Å²) in [4.78, 5) is 8.12. The molecule has 0 bridgehead atoms. The van der Waals surface area contributed by atoms with Crippen LogP contribution in [0.5, 0.6) is 0 Å². The molecule has 1 aromatic heterocycles. The molecule has 0 saturated carbocycles. The maximum Gasteiger partial charge on any atom is 0.142 e. The second-order valence-electron chi connectivity index (χ2n) is 3.47. The van der Waals surface area contributed by atoms with Gasteiger partial charge in [0, 0.05) is 23.5 Å². The van der Waals surface area contributed by atoms with Crippen molar-refractivity contribution in [3.63, 3.8) is 0 Å². The van der Waals surface area contributed by atoms with Crippen LogP contribution in [0.4, 0.5) is 0 Å². The van der Waals surface area contributed by atoms with Crippen LogP contribution < -0.4 is 0 Å². The third-order valence-electron chi connectivity index (χ3n) is 2.32. The van der Waals surface area contributed by atoms with Crippen LogP contribution in [-0.2, 0) is 5.88 Å². The van der Waals surface area contributed by atoms with Crippen LogP contribution in [0, 0.1) is 0 Å². The van der Waals surface area contributed by atoms with E-state index in [1.807, 2.05) is 0 Å². The largest absolute Gasteiger partial charge is 0.239 e. The Hall–Kier alpha value is 0.0400. The molecule has 1 aromatic carbocycles. The molecule has 0 amide bonds. The third-order valence-corrected chi connectivity index (χ3v) is 4.84. The van der Waals surface area contributed by atoms with Crippen LogP contribution in [0.25, 0.3) is 11.1 Å². The van der Waals surface area contributed by atoms with Crippen molar-refractivity contribution in [2.75, 3.05) is 0 Å². The standard InChI is InChI=1S/C11H4Cl6N2/c12-1-5-18-2-4(3-19-5)6-7(13)9(15)11(17)10(16)8(6)14/h2-3H,1H2. The molecule has 8 heteroatoms. The molecule has 2 aromatic rings. The summed E-state index contributed by atoms with van der Waals surface area (Å²) >= 11 is 35.8. The van der Waals surface area contributed by atoms with Crippen molar-refractivity contribution >= 4 is 69.6 Å². The van der Waals surface area contributed by atoms with E-state index in [0.717, 1.165) is 0 Å². The van der Waals surface area contributed by atoms with E-state index in [0.29, 0.717) is 17.0 Å². The van der Waals surface area contributed by atoms with E-state index < -0.39 is 0 Å². The minimum absolute atomic E-state index is 0.111. The first-order valence-corrected chi connectivity index (χ1v) is 7.28. The van der Waals surface area contributed by atoms with Crippen molar-refractivity contribution in [3.05, 3.63) is 43.3 Å². The van der Waals surface area contributed by atoms with Gasteiger partial charge in [-0.05, 0) is 0 Å². The lowest BCUT2D eigenvalue weighted by Gasteiger charge is -2.12. The van der Waals surface area contributed by atoms with Gasteiger partial charge in [0.15, 0.2) is 0 Å². The lowest BCUT2D eigenvalue weighted by Crippen LogP contribution is -1.93. The number of rotatable bonds is 2. The van der Waals surface area contributed by atoms with Gasteiger partial charge in [-0.1, -0.05) is 58.0 Å². The summed E-state index contributed by atoms with van der Waals surface area (Å²) < 4.78 is 0. The highest BCUT2D eigenvalue weighted by atomic mass is 35.5. The predicted octanol–water partition coefficient (Wildman–Crippen LogP) is 6.15. The van der Waals surface area contributed by atoms with Gasteiger partial charge in [0.25, 0.3) is 0 Å². The summed E-state index contributed by atoms with van der Waals surface area (Å²) in [6, 6.07) is 0. The van der Waals surface area contributed by atoms with Crippen LogP contribution >= 0.6 is 69.6 Å². The molecule has 2 nitrogen and oxygen atoms in total. The summed E-state index contributed by atoms with van der Waals surface area (Å²) in [7, 11) is 0. The Morgan fingerprint density at radius 3 is 1.58 bits per heavy atom. The monoisotopic (exact) mass is 374 g/mol. The molecule has 0 fully saturated rings.